The van der Waals surface area contributed by atoms with E-state index in [1.54, 1.807) is 0 Å². The molecule has 0 heterocycles. The first-order valence-electron chi connectivity index (χ1n) is 3.94. The van der Waals surface area contributed by atoms with Crippen molar-refractivity contribution in [2.45, 2.75) is 44.2 Å². The van der Waals surface area contributed by atoms with Gasteiger partial charge in [-0.15, -0.1) is 0 Å². The van der Waals surface area contributed by atoms with E-state index < -0.39 is 23.4 Å². The number of carbonyl (C=O) groups excluding carboxylic acids is 1. The summed E-state index contributed by atoms with van der Waals surface area (Å²) in [5.41, 5.74) is -4.17. The van der Waals surface area contributed by atoms with E-state index in [9.17, 15) is 20.1 Å². The monoisotopic (exact) mass is 192 g/mol. The third-order valence-electron chi connectivity index (χ3n) is 2.29. The molecule has 0 aliphatic carbocycles. The van der Waals surface area contributed by atoms with Crippen LogP contribution in [-0.4, -0.2) is 50.1 Å². The number of rotatable bonds is 4. The molecule has 0 aromatic heterocycles. The average Bonchev–Trinajstić information content (AvgIpc) is 2.02. The van der Waals surface area contributed by atoms with Crippen molar-refractivity contribution in [1.82, 2.24) is 0 Å². The zero-order valence-corrected chi connectivity index (χ0v) is 7.93. The van der Waals surface area contributed by atoms with Gasteiger partial charge in [-0.25, -0.2) is 0 Å². The normalized spacial score (nSPS) is 25.5. The van der Waals surface area contributed by atoms with Crippen molar-refractivity contribution in [3.05, 3.63) is 0 Å². The minimum atomic E-state index is -2.09. The first kappa shape index (κ1) is 12.5. The third kappa shape index (κ3) is 2.25. The molecule has 0 saturated heterocycles. The molecule has 5 nitrogen and oxygen atoms in total. The highest BCUT2D eigenvalue weighted by Gasteiger charge is 2.48. The van der Waals surface area contributed by atoms with E-state index in [4.69, 9.17) is 5.11 Å². The SMILES string of the molecule is CC(O)[C@@H](O)[C@](C)(O)[C@@](C)(O)C=O. The molecule has 0 aliphatic heterocycles. The quantitative estimate of drug-likeness (QED) is 0.403. The predicted molar refractivity (Wildman–Crippen MR) is 45.0 cm³/mol. The lowest BCUT2D eigenvalue weighted by Gasteiger charge is -2.39. The van der Waals surface area contributed by atoms with E-state index in [0.29, 0.717) is 0 Å². The molecule has 78 valence electrons. The van der Waals surface area contributed by atoms with Crippen LogP contribution in [0.3, 0.4) is 0 Å². The van der Waals surface area contributed by atoms with E-state index in [1.807, 2.05) is 0 Å². The van der Waals surface area contributed by atoms with Gasteiger partial charge < -0.3 is 25.2 Å². The van der Waals surface area contributed by atoms with Crippen molar-refractivity contribution < 1.29 is 25.2 Å². The molecule has 0 spiro atoms. The van der Waals surface area contributed by atoms with Gasteiger partial charge in [-0.2, -0.15) is 0 Å². The number of aliphatic hydroxyl groups is 4. The first-order valence-corrected chi connectivity index (χ1v) is 3.94. The van der Waals surface area contributed by atoms with Crippen LogP contribution in [-0.2, 0) is 4.79 Å². The molecule has 4 atom stereocenters. The highest BCUT2D eigenvalue weighted by Crippen LogP contribution is 2.25. The van der Waals surface area contributed by atoms with Gasteiger partial charge in [0.2, 0.25) is 0 Å². The van der Waals surface area contributed by atoms with Crippen molar-refractivity contribution in [3.8, 4) is 0 Å². The van der Waals surface area contributed by atoms with Crippen molar-refractivity contribution in [3.63, 3.8) is 0 Å². The predicted octanol–water partition coefficient (Wildman–Crippen LogP) is -1.57. The van der Waals surface area contributed by atoms with Gasteiger partial charge in [-0.1, -0.05) is 0 Å². The molecule has 0 bridgehead atoms. The fourth-order valence-electron chi connectivity index (χ4n) is 0.888. The van der Waals surface area contributed by atoms with Crippen LogP contribution in [0.1, 0.15) is 20.8 Å². The van der Waals surface area contributed by atoms with Gasteiger partial charge in [-0.3, -0.25) is 0 Å². The Bertz CT molecular complexity index is 185. The van der Waals surface area contributed by atoms with E-state index in [-0.39, 0.29) is 6.29 Å². The summed E-state index contributed by atoms with van der Waals surface area (Å²) in [4.78, 5) is 10.4. The number of hydrogen-bond acceptors (Lipinski definition) is 5. The fraction of sp³-hybridized carbons (Fsp3) is 0.875. The lowest BCUT2D eigenvalue weighted by molar-refractivity contribution is -0.198. The van der Waals surface area contributed by atoms with Crippen LogP contribution < -0.4 is 0 Å². The Hall–Kier alpha value is -0.490. The molecule has 13 heavy (non-hydrogen) atoms. The third-order valence-corrected chi connectivity index (χ3v) is 2.29. The van der Waals surface area contributed by atoms with E-state index in [1.165, 1.54) is 6.92 Å². The summed E-state index contributed by atoms with van der Waals surface area (Å²) in [5, 5.41) is 37.3. The van der Waals surface area contributed by atoms with Gasteiger partial charge in [-0.05, 0) is 20.8 Å². The average molecular weight is 192 g/mol. The van der Waals surface area contributed by atoms with Gasteiger partial charge >= 0.3 is 0 Å². The molecule has 0 amide bonds. The van der Waals surface area contributed by atoms with Crippen LogP contribution >= 0.6 is 0 Å². The van der Waals surface area contributed by atoms with Crippen molar-refractivity contribution >= 4 is 6.29 Å². The number of aliphatic hydroxyl groups excluding tert-OH is 2. The Kier molecular flexibility index (Phi) is 3.57. The molecule has 5 heteroatoms. The molecule has 4 N–H and O–H groups in total. The Labute approximate surface area is 76.6 Å². The standard InChI is InChI=1S/C8H16O5/c1-5(10)6(11)8(3,13)7(2,12)4-9/h4-6,10-13H,1-3H3/t5?,6-,7+,8+/m1/s1. The van der Waals surface area contributed by atoms with E-state index in [2.05, 4.69) is 0 Å². The van der Waals surface area contributed by atoms with Gasteiger partial charge in [0.15, 0.2) is 6.29 Å². The molecule has 0 radical (unpaired) electrons. The summed E-state index contributed by atoms with van der Waals surface area (Å²) in [7, 11) is 0. The van der Waals surface area contributed by atoms with Gasteiger partial charge in [0.05, 0.1) is 6.10 Å². The summed E-state index contributed by atoms with van der Waals surface area (Å²) in [6.07, 6.45) is -2.70. The minimum absolute atomic E-state index is 0.124. The van der Waals surface area contributed by atoms with Crippen molar-refractivity contribution in [2.75, 3.05) is 0 Å². The summed E-state index contributed by atoms with van der Waals surface area (Å²) in [6.45, 7) is 3.39. The van der Waals surface area contributed by atoms with Crippen LogP contribution in [0.25, 0.3) is 0 Å². The Balaban J connectivity index is 4.84. The molecule has 0 aliphatic rings. The molecule has 0 fully saturated rings. The molecule has 0 aromatic carbocycles. The zero-order valence-electron chi connectivity index (χ0n) is 7.93. The zero-order chi connectivity index (χ0) is 10.9. The number of carbonyl (C=O) groups is 1. The molecule has 0 saturated carbocycles. The maximum absolute atomic E-state index is 10.4. The second kappa shape index (κ2) is 3.71. The van der Waals surface area contributed by atoms with Crippen LogP contribution in [0.15, 0.2) is 0 Å². The largest absolute Gasteiger partial charge is 0.391 e. The lowest BCUT2D eigenvalue weighted by Crippen LogP contribution is -2.61. The number of aldehydes is 1. The molecule has 0 aromatic rings. The first-order chi connectivity index (χ1) is 5.66. The Morgan fingerprint density at radius 2 is 1.62 bits per heavy atom. The highest BCUT2D eigenvalue weighted by atomic mass is 16.4. The summed E-state index contributed by atoms with van der Waals surface area (Å²) in [6, 6.07) is 0. The van der Waals surface area contributed by atoms with Gasteiger partial charge in [0, 0.05) is 0 Å². The molecule has 0 rings (SSSR count). The van der Waals surface area contributed by atoms with Crippen LogP contribution in [0.2, 0.25) is 0 Å². The fourth-order valence-corrected chi connectivity index (χ4v) is 0.888. The lowest BCUT2D eigenvalue weighted by atomic mass is 9.80. The van der Waals surface area contributed by atoms with E-state index in [0.717, 1.165) is 13.8 Å². The van der Waals surface area contributed by atoms with E-state index >= 15 is 0 Å². The summed E-state index contributed by atoms with van der Waals surface area (Å²) >= 11 is 0. The minimum Gasteiger partial charge on any atom is -0.391 e. The summed E-state index contributed by atoms with van der Waals surface area (Å²) in [5.74, 6) is 0. The smallest absolute Gasteiger partial charge is 0.154 e. The van der Waals surface area contributed by atoms with Crippen molar-refractivity contribution in [1.29, 1.82) is 0 Å². The van der Waals surface area contributed by atoms with Gasteiger partial charge in [0.1, 0.15) is 17.3 Å². The molecule has 1 unspecified atom stereocenters. The Morgan fingerprint density at radius 3 is 1.85 bits per heavy atom. The highest BCUT2D eigenvalue weighted by molar-refractivity contribution is 5.64. The van der Waals surface area contributed by atoms with Crippen LogP contribution in [0.5, 0.6) is 0 Å². The maximum Gasteiger partial charge on any atom is 0.154 e. The maximum atomic E-state index is 10.4. The van der Waals surface area contributed by atoms with Gasteiger partial charge in [0.25, 0.3) is 0 Å². The number of hydrogen-bond donors (Lipinski definition) is 4. The van der Waals surface area contributed by atoms with Crippen LogP contribution in [0.4, 0.5) is 0 Å². The molecular formula is C8H16O5. The topological polar surface area (TPSA) is 98.0 Å². The second-order valence-electron chi connectivity index (χ2n) is 3.60. The van der Waals surface area contributed by atoms with Crippen molar-refractivity contribution in [2.24, 2.45) is 0 Å². The second-order valence-corrected chi connectivity index (χ2v) is 3.60. The molecular weight excluding hydrogens is 176 g/mol. The Morgan fingerprint density at radius 1 is 1.23 bits per heavy atom. The summed E-state index contributed by atoms with van der Waals surface area (Å²) < 4.78 is 0. The van der Waals surface area contributed by atoms with Crippen LogP contribution in [0, 0.1) is 0 Å².